The third kappa shape index (κ3) is 3.30. The number of hydrogen-bond donors (Lipinski definition) is 0. The molecule has 0 aromatic carbocycles. The van der Waals surface area contributed by atoms with Gasteiger partial charge in [0, 0.05) is 6.54 Å². The quantitative estimate of drug-likeness (QED) is 0.806. The molecule has 1 aliphatic heterocycles. The molecule has 0 N–H and O–H groups in total. The molecular formula is C15H18FN5O2. The van der Waals surface area contributed by atoms with E-state index in [0.29, 0.717) is 31.0 Å². The van der Waals surface area contributed by atoms with Crippen LogP contribution in [0.5, 0.6) is 0 Å². The van der Waals surface area contributed by atoms with E-state index in [9.17, 15) is 9.18 Å². The van der Waals surface area contributed by atoms with Crippen LogP contribution in [0.25, 0.3) is 11.4 Å². The van der Waals surface area contributed by atoms with E-state index in [1.807, 2.05) is 25.5 Å². The summed E-state index contributed by atoms with van der Waals surface area (Å²) >= 11 is 0. The van der Waals surface area contributed by atoms with Crippen LogP contribution in [0.15, 0.2) is 18.6 Å². The molecule has 1 amide bonds. The number of fused-ring (bicyclic) bond motifs is 1. The van der Waals surface area contributed by atoms with Crippen LogP contribution in [0.4, 0.5) is 9.18 Å². The minimum atomic E-state index is -0.544. The van der Waals surface area contributed by atoms with Gasteiger partial charge in [-0.05, 0) is 20.8 Å². The first kappa shape index (κ1) is 15.4. The number of rotatable bonds is 1. The van der Waals surface area contributed by atoms with Gasteiger partial charge in [0.25, 0.3) is 0 Å². The fourth-order valence-corrected chi connectivity index (χ4v) is 2.37. The molecule has 0 spiro atoms. The Hall–Kier alpha value is -2.51. The number of aromatic nitrogens is 4. The molecule has 3 heterocycles. The summed E-state index contributed by atoms with van der Waals surface area (Å²) in [5.41, 5.74) is 0.962. The molecule has 0 radical (unpaired) electrons. The first-order valence-electron chi connectivity index (χ1n) is 7.34. The lowest BCUT2D eigenvalue weighted by Crippen LogP contribution is -2.41. The summed E-state index contributed by atoms with van der Waals surface area (Å²) in [5, 5.41) is 4.29. The molecule has 8 heteroatoms. The molecule has 3 rings (SSSR count). The van der Waals surface area contributed by atoms with Crippen LogP contribution in [0, 0.1) is 5.82 Å². The molecule has 122 valence electrons. The van der Waals surface area contributed by atoms with Gasteiger partial charge in [-0.25, -0.2) is 19.2 Å². The summed E-state index contributed by atoms with van der Waals surface area (Å²) in [6, 6.07) is 0. The Bertz CT molecular complexity index is 720. The highest BCUT2D eigenvalue weighted by Gasteiger charge is 2.28. The second kappa shape index (κ2) is 5.60. The summed E-state index contributed by atoms with van der Waals surface area (Å²) < 4.78 is 20.2. The van der Waals surface area contributed by atoms with Crippen molar-refractivity contribution >= 4 is 6.09 Å². The molecule has 0 saturated carbocycles. The molecule has 0 atom stereocenters. The lowest BCUT2D eigenvalue weighted by Gasteiger charge is -2.30. The zero-order chi connectivity index (χ0) is 16.6. The normalized spacial score (nSPS) is 14.5. The predicted molar refractivity (Wildman–Crippen MR) is 79.9 cm³/mol. The van der Waals surface area contributed by atoms with Gasteiger partial charge in [-0.15, -0.1) is 0 Å². The Morgan fingerprint density at radius 3 is 2.57 bits per heavy atom. The highest BCUT2D eigenvalue weighted by molar-refractivity contribution is 5.69. The topological polar surface area (TPSA) is 73.1 Å². The minimum absolute atomic E-state index is 0.352. The van der Waals surface area contributed by atoms with E-state index in [4.69, 9.17) is 4.74 Å². The molecular weight excluding hydrogens is 301 g/mol. The number of carbonyl (C=O) groups excluding carboxylic acids is 1. The average Bonchev–Trinajstić information content (AvgIpc) is 2.89. The summed E-state index contributed by atoms with van der Waals surface area (Å²) in [6.07, 6.45) is 3.50. The molecule has 2 aromatic heterocycles. The SMILES string of the molecule is CC(C)(C)OC(=O)N1CCn2ncc(-c3ncc(F)cn3)c2C1. The number of halogens is 1. The maximum atomic E-state index is 13.0. The van der Waals surface area contributed by atoms with Crippen LogP contribution in [0.2, 0.25) is 0 Å². The Labute approximate surface area is 133 Å². The van der Waals surface area contributed by atoms with E-state index < -0.39 is 11.4 Å². The van der Waals surface area contributed by atoms with E-state index in [1.165, 1.54) is 0 Å². The van der Waals surface area contributed by atoms with Crippen LogP contribution in [0.1, 0.15) is 26.5 Å². The third-order valence-corrected chi connectivity index (χ3v) is 3.38. The van der Waals surface area contributed by atoms with E-state index in [-0.39, 0.29) is 6.09 Å². The molecule has 23 heavy (non-hydrogen) atoms. The van der Waals surface area contributed by atoms with Crippen molar-refractivity contribution in [1.82, 2.24) is 24.6 Å². The maximum Gasteiger partial charge on any atom is 0.410 e. The van der Waals surface area contributed by atoms with Gasteiger partial charge in [0.2, 0.25) is 0 Å². The fourth-order valence-electron chi connectivity index (χ4n) is 2.37. The van der Waals surface area contributed by atoms with Gasteiger partial charge >= 0.3 is 6.09 Å². The van der Waals surface area contributed by atoms with Crippen LogP contribution in [-0.2, 0) is 17.8 Å². The monoisotopic (exact) mass is 319 g/mol. The van der Waals surface area contributed by atoms with Crippen LogP contribution < -0.4 is 0 Å². The minimum Gasteiger partial charge on any atom is -0.444 e. The van der Waals surface area contributed by atoms with Gasteiger partial charge in [-0.1, -0.05) is 0 Å². The molecule has 0 bridgehead atoms. The second-order valence-electron chi connectivity index (χ2n) is 6.35. The molecule has 0 unspecified atom stereocenters. The van der Waals surface area contributed by atoms with Crippen molar-refractivity contribution in [2.45, 2.75) is 39.5 Å². The number of carbonyl (C=O) groups is 1. The lowest BCUT2D eigenvalue weighted by molar-refractivity contribution is 0.0195. The van der Waals surface area contributed by atoms with Crippen molar-refractivity contribution in [2.75, 3.05) is 6.54 Å². The maximum absolute atomic E-state index is 13.0. The van der Waals surface area contributed by atoms with Gasteiger partial charge in [-0.3, -0.25) is 4.68 Å². The van der Waals surface area contributed by atoms with Crippen molar-refractivity contribution in [1.29, 1.82) is 0 Å². The van der Waals surface area contributed by atoms with Gasteiger partial charge in [0.05, 0.1) is 42.9 Å². The van der Waals surface area contributed by atoms with Gasteiger partial charge in [0.15, 0.2) is 11.6 Å². The van der Waals surface area contributed by atoms with Crippen molar-refractivity contribution in [2.24, 2.45) is 0 Å². The van der Waals surface area contributed by atoms with Crippen LogP contribution in [-0.4, -0.2) is 42.9 Å². The van der Waals surface area contributed by atoms with Crippen LogP contribution >= 0.6 is 0 Å². The molecule has 0 fully saturated rings. The smallest absolute Gasteiger partial charge is 0.410 e. The number of nitrogens with zero attached hydrogens (tertiary/aromatic N) is 5. The summed E-state index contributed by atoms with van der Waals surface area (Å²) in [7, 11) is 0. The Balaban J connectivity index is 1.84. The molecule has 7 nitrogen and oxygen atoms in total. The van der Waals surface area contributed by atoms with E-state index in [0.717, 1.165) is 18.1 Å². The van der Waals surface area contributed by atoms with Gasteiger partial charge in [-0.2, -0.15) is 5.10 Å². The first-order chi connectivity index (χ1) is 10.8. The van der Waals surface area contributed by atoms with Gasteiger partial charge < -0.3 is 9.64 Å². The van der Waals surface area contributed by atoms with Crippen LogP contribution in [0.3, 0.4) is 0 Å². The fraction of sp³-hybridized carbons (Fsp3) is 0.467. The summed E-state index contributed by atoms with van der Waals surface area (Å²) in [4.78, 5) is 21.8. The number of ether oxygens (including phenoxy) is 1. The third-order valence-electron chi connectivity index (χ3n) is 3.38. The van der Waals surface area contributed by atoms with Crippen molar-refractivity contribution in [3.8, 4) is 11.4 Å². The highest BCUT2D eigenvalue weighted by atomic mass is 19.1. The Morgan fingerprint density at radius 2 is 1.91 bits per heavy atom. The van der Waals surface area contributed by atoms with E-state index >= 15 is 0 Å². The zero-order valence-electron chi connectivity index (χ0n) is 13.3. The average molecular weight is 319 g/mol. The molecule has 2 aromatic rings. The largest absolute Gasteiger partial charge is 0.444 e. The summed E-state index contributed by atoms with van der Waals surface area (Å²) in [5.74, 6) is -0.108. The van der Waals surface area contributed by atoms with Gasteiger partial charge in [0.1, 0.15) is 5.60 Å². The van der Waals surface area contributed by atoms with E-state index in [1.54, 1.807) is 11.1 Å². The highest BCUT2D eigenvalue weighted by Crippen LogP contribution is 2.25. The predicted octanol–water partition coefficient (Wildman–Crippen LogP) is 2.23. The van der Waals surface area contributed by atoms with E-state index in [2.05, 4.69) is 15.1 Å². The van der Waals surface area contributed by atoms with Crippen molar-refractivity contribution < 1.29 is 13.9 Å². The molecule has 0 saturated heterocycles. The Kier molecular flexibility index (Phi) is 3.75. The lowest BCUT2D eigenvalue weighted by atomic mass is 10.2. The number of amides is 1. The molecule has 1 aliphatic rings. The first-order valence-corrected chi connectivity index (χ1v) is 7.34. The Morgan fingerprint density at radius 1 is 1.22 bits per heavy atom. The number of hydrogen-bond acceptors (Lipinski definition) is 5. The second-order valence-corrected chi connectivity index (χ2v) is 6.35. The zero-order valence-corrected chi connectivity index (χ0v) is 13.3. The van der Waals surface area contributed by atoms with Crippen molar-refractivity contribution in [3.63, 3.8) is 0 Å². The molecule has 0 aliphatic carbocycles. The van der Waals surface area contributed by atoms with Crippen molar-refractivity contribution in [3.05, 3.63) is 30.1 Å². The summed E-state index contributed by atoms with van der Waals surface area (Å²) in [6.45, 7) is 6.93. The standard InChI is InChI=1S/C15H18FN5O2/c1-15(2,3)23-14(22)20-4-5-21-12(9-20)11(8-19-21)13-17-6-10(16)7-18-13/h6-8H,4-5,9H2,1-3H3.